The fraction of sp³-hybridized carbons (Fsp3) is 0. The van der Waals surface area contributed by atoms with Crippen LogP contribution in [0.5, 0.6) is 23.0 Å². The third kappa shape index (κ3) is 3.21. The van der Waals surface area contributed by atoms with Crippen LogP contribution < -0.4 is 25.4 Å². The molecular weight excluding hydrogens is 473 g/mol. The van der Waals surface area contributed by atoms with Gasteiger partial charge in [-0.3, -0.25) is 4.98 Å². The number of aromatic nitrogens is 1. The molecule has 174 valence electrons. The van der Waals surface area contributed by atoms with Crippen LogP contribution in [0.4, 0.5) is 0 Å². The number of ether oxygens (including phenoxy) is 2. The number of benzene rings is 5. The molecule has 0 N–H and O–H groups in total. The minimum atomic E-state index is -0.742. The van der Waals surface area contributed by atoms with Crippen molar-refractivity contribution in [3.63, 3.8) is 0 Å². The summed E-state index contributed by atoms with van der Waals surface area (Å²) >= 11 is 0. The van der Waals surface area contributed by atoms with Crippen LogP contribution in [-0.4, -0.2) is 4.98 Å². The van der Waals surface area contributed by atoms with E-state index in [2.05, 4.69) is 102 Å². The zero-order chi connectivity index (χ0) is 24.3. The third-order valence-electron chi connectivity index (χ3n) is 7.08. The normalized spacial score (nSPS) is 13.2. The standard InChI is InChI=1S/C33H20NO2P/c1-3-12-30-26(10-1)35-28-19-24(20-29-33(28)37(30)31-13-4-2-11-27(31)36-29)21-14-16-22(17-15-21)25-9-5-7-23-8-6-18-34-32(23)25/h1-20H. The molecule has 1 aromatic heterocycles. The molecule has 0 unspecified atom stereocenters. The molecular formula is C33H20NO2P. The molecule has 8 rings (SSSR count). The van der Waals surface area contributed by atoms with E-state index < -0.39 is 7.92 Å². The molecule has 3 nitrogen and oxygen atoms in total. The van der Waals surface area contributed by atoms with E-state index >= 15 is 0 Å². The van der Waals surface area contributed by atoms with Gasteiger partial charge in [-0.1, -0.05) is 84.9 Å². The second kappa shape index (κ2) is 8.03. The molecule has 3 heterocycles. The summed E-state index contributed by atoms with van der Waals surface area (Å²) in [6, 6.07) is 40.2. The van der Waals surface area contributed by atoms with Crippen molar-refractivity contribution in [1.82, 2.24) is 4.98 Å². The lowest BCUT2D eigenvalue weighted by molar-refractivity contribution is 0.467. The number of rotatable bonds is 2. The molecule has 0 radical (unpaired) electrons. The molecule has 0 saturated carbocycles. The van der Waals surface area contributed by atoms with Gasteiger partial charge in [0, 0.05) is 35.7 Å². The fourth-order valence-electron chi connectivity index (χ4n) is 5.37. The van der Waals surface area contributed by atoms with Crippen LogP contribution >= 0.6 is 7.92 Å². The molecule has 0 bridgehead atoms. The molecule has 2 aliphatic heterocycles. The van der Waals surface area contributed by atoms with E-state index in [1.165, 1.54) is 10.6 Å². The molecule has 0 fully saturated rings. The van der Waals surface area contributed by atoms with Crippen molar-refractivity contribution in [3.05, 3.63) is 121 Å². The number of hydrogen-bond donors (Lipinski definition) is 0. The van der Waals surface area contributed by atoms with Crippen LogP contribution in [0.3, 0.4) is 0 Å². The van der Waals surface area contributed by atoms with Crippen molar-refractivity contribution in [2.45, 2.75) is 0 Å². The first-order valence-corrected chi connectivity index (χ1v) is 13.6. The van der Waals surface area contributed by atoms with Gasteiger partial charge in [-0.05, 0) is 47.0 Å². The van der Waals surface area contributed by atoms with Gasteiger partial charge in [-0.15, -0.1) is 0 Å². The number of hydrogen-bond acceptors (Lipinski definition) is 3. The molecule has 0 spiro atoms. The van der Waals surface area contributed by atoms with Gasteiger partial charge >= 0.3 is 0 Å². The molecule has 0 atom stereocenters. The lowest BCUT2D eigenvalue weighted by Crippen LogP contribution is -2.31. The van der Waals surface area contributed by atoms with E-state index in [4.69, 9.17) is 9.47 Å². The van der Waals surface area contributed by atoms with E-state index in [-0.39, 0.29) is 0 Å². The van der Waals surface area contributed by atoms with Gasteiger partial charge in [-0.2, -0.15) is 0 Å². The van der Waals surface area contributed by atoms with Crippen molar-refractivity contribution < 1.29 is 9.47 Å². The van der Waals surface area contributed by atoms with Gasteiger partial charge in [0.2, 0.25) is 0 Å². The van der Waals surface area contributed by atoms with Crippen molar-refractivity contribution in [2.24, 2.45) is 0 Å². The van der Waals surface area contributed by atoms with Crippen LogP contribution in [0, 0.1) is 0 Å². The Balaban J connectivity index is 1.25. The van der Waals surface area contributed by atoms with Gasteiger partial charge < -0.3 is 9.47 Å². The highest BCUT2D eigenvalue weighted by Gasteiger charge is 2.37. The monoisotopic (exact) mass is 493 g/mol. The van der Waals surface area contributed by atoms with Crippen LogP contribution in [-0.2, 0) is 0 Å². The van der Waals surface area contributed by atoms with Gasteiger partial charge in [0.15, 0.2) is 0 Å². The minimum Gasteiger partial charge on any atom is -0.456 e. The SMILES string of the molecule is c1ccc2c(c1)Oc1cc(-c3ccc(-c4cccc5cccnc45)cc3)cc3c1P2c1ccccc1O3. The highest BCUT2D eigenvalue weighted by atomic mass is 31.1. The summed E-state index contributed by atoms with van der Waals surface area (Å²) in [6.45, 7) is 0. The van der Waals surface area contributed by atoms with Crippen molar-refractivity contribution in [1.29, 1.82) is 0 Å². The van der Waals surface area contributed by atoms with E-state index in [1.54, 1.807) is 0 Å². The summed E-state index contributed by atoms with van der Waals surface area (Å²) in [6.07, 6.45) is 1.85. The van der Waals surface area contributed by atoms with Crippen LogP contribution in [0.25, 0.3) is 33.2 Å². The van der Waals surface area contributed by atoms with Gasteiger partial charge in [0.1, 0.15) is 23.0 Å². The summed E-state index contributed by atoms with van der Waals surface area (Å²) in [5.74, 6) is 3.63. The average molecular weight is 494 g/mol. The second-order valence-electron chi connectivity index (χ2n) is 9.25. The number of nitrogens with zero attached hydrogens (tertiary/aromatic N) is 1. The largest absolute Gasteiger partial charge is 0.456 e. The Hall–Kier alpha value is -4.46. The minimum absolute atomic E-state index is 0.742. The lowest BCUT2D eigenvalue weighted by Gasteiger charge is -2.34. The van der Waals surface area contributed by atoms with Gasteiger partial charge in [0.05, 0.1) is 10.8 Å². The van der Waals surface area contributed by atoms with E-state index in [9.17, 15) is 0 Å². The molecule has 0 amide bonds. The first-order valence-electron chi connectivity index (χ1n) is 12.3. The Morgan fingerprint density at radius 1 is 0.514 bits per heavy atom. The third-order valence-corrected chi connectivity index (χ3v) is 9.67. The first kappa shape index (κ1) is 20.7. The summed E-state index contributed by atoms with van der Waals surface area (Å²) in [7, 11) is -0.742. The summed E-state index contributed by atoms with van der Waals surface area (Å²) < 4.78 is 12.9. The number of pyridine rings is 1. The Morgan fingerprint density at radius 2 is 1.14 bits per heavy atom. The smallest absolute Gasteiger partial charge is 0.140 e. The predicted molar refractivity (Wildman–Crippen MR) is 151 cm³/mol. The van der Waals surface area contributed by atoms with Crippen molar-refractivity contribution in [3.8, 4) is 45.3 Å². The summed E-state index contributed by atoms with van der Waals surface area (Å²) in [4.78, 5) is 4.63. The fourth-order valence-corrected chi connectivity index (χ4v) is 7.92. The second-order valence-corrected chi connectivity index (χ2v) is 11.3. The summed E-state index contributed by atoms with van der Waals surface area (Å²) in [5, 5.41) is 4.78. The zero-order valence-electron chi connectivity index (χ0n) is 19.8. The average Bonchev–Trinajstić information content (AvgIpc) is 2.96. The molecule has 4 heteroatoms. The predicted octanol–water partition coefficient (Wildman–Crippen LogP) is 7.54. The molecule has 0 aliphatic carbocycles. The van der Waals surface area contributed by atoms with Crippen molar-refractivity contribution in [2.75, 3.05) is 0 Å². The Morgan fingerprint density at radius 3 is 1.84 bits per heavy atom. The maximum atomic E-state index is 6.47. The highest BCUT2D eigenvalue weighted by Crippen LogP contribution is 2.53. The van der Waals surface area contributed by atoms with Gasteiger partial charge in [0.25, 0.3) is 0 Å². The quantitative estimate of drug-likeness (QED) is 0.233. The first-order chi connectivity index (χ1) is 18.3. The van der Waals surface area contributed by atoms with Crippen molar-refractivity contribution >= 4 is 34.7 Å². The zero-order valence-corrected chi connectivity index (χ0v) is 20.7. The number of para-hydroxylation sites is 3. The van der Waals surface area contributed by atoms with E-state index in [1.807, 2.05) is 24.4 Å². The molecule has 37 heavy (non-hydrogen) atoms. The Bertz CT molecular complexity index is 1770. The van der Waals surface area contributed by atoms with Crippen LogP contribution in [0.1, 0.15) is 0 Å². The highest BCUT2D eigenvalue weighted by molar-refractivity contribution is 7.80. The lowest BCUT2D eigenvalue weighted by atomic mass is 9.98. The van der Waals surface area contributed by atoms with Crippen LogP contribution in [0.2, 0.25) is 0 Å². The molecule has 5 aromatic carbocycles. The Labute approximate surface area is 215 Å². The molecule has 6 aromatic rings. The van der Waals surface area contributed by atoms with E-state index in [0.29, 0.717) is 0 Å². The maximum Gasteiger partial charge on any atom is 0.140 e. The number of fused-ring (bicyclic) bond motifs is 5. The van der Waals surface area contributed by atoms with Gasteiger partial charge in [-0.25, -0.2) is 0 Å². The maximum absolute atomic E-state index is 6.47. The van der Waals surface area contributed by atoms with E-state index in [0.717, 1.165) is 61.5 Å². The Kier molecular flexibility index (Phi) is 4.49. The van der Waals surface area contributed by atoms with Crippen LogP contribution in [0.15, 0.2) is 121 Å². The summed E-state index contributed by atoms with van der Waals surface area (Å²) in [5.41, 5.74) is 5.49. The molecule has 0 saturated heterocycles. The molecule has 2 aliphatic rings. The topological polar surface area (TPSA) is 31.4 Å².